The van der Waals surface area contributed by atoms with Crippen LogP contribution in [0.15, 0.2) is 60.9 Å². The van der Waals surface area contributed by atoms with Crippen molar-refractivity contribution < 1.29 is 0 Å². The quantitative estimate of drug-likeness (QED) is 0.707. The van der Waals surface area contributed by atoms with E-state index in [0.29, 0.717) is 0 Å². The molecule has 1 heterocycles. The number of hydrogen-bond acceptors (Lipinski definition) is 2. The van der Waals surface area contributed by atoms with E-state index in [-0.39, 0.29) is 0 Å². The summed E-state index contributed by atoms with van der Waals surface area (Å²) in [6, 6.07) is 16.2. The van der Waals surface area contributed by atoms with Gasteiger partial charge in [-0.1, -0.05) is 42.5 Å². The Morgan fingerprint density at radius 3 is 2.53 bits per heavy atom. The molecule has 94 valence electrons. The molecular weight excluding hydrogens is 234 g/mol. The molecule has 0 atom stereocenters. The molecule has 0 aliphatic heterocycles. The minimum Gasteiger partial charge on any atom is -0.397 e. The Kier molecular flexibility index (Phi) is 2.80. The summed E-state index contributed by atoms with van der Waals surface area (Å²) in [6.45, 7) is 2.00. The molecule has 2 aromatic carbocycles. The van der Waals surface area contributed by atoms with Crippen molar-refractivity contribution in [1.29, 1.82) is 0 Å². The molecule has 3 nitrogen and oxygen atoms in total. The SMILES string of the molecule is Cc1cccc(-n2cc(-c3ccccc3)cn2)c1N. The zero-order chi connectivity index (χ0) is 13.2. The van der Waals surface area contributed by atoms with Gasteiger partial charge in [0.15, 0.2) is 0 Å². The van der Waals surface area contributed by atoms with Crippen LogP contribution in [0.25, 0.3) is 16.8 Å². The molecule has 0 amide bonds. The van der Waals surface area contributed by atoms with Gasteiger partial charge in [0.05, 0.1) is 17.6 Å². The number of aryl methyl sites for hydroxylation is 1. The van der Waals surface area contributed by atoms with E-state index in [2.05, 4.69) is 17.2 Å². The van der Waals surface area contributed by atoms with E-state index >= 15 is 0 Å². The van der Waals surface area contributed by atoms with Crippen LogP contribution >= 0.6 is 0 Å². The second-order valence-electron chi connectivity index (χ2n) is 4.55. The standard InChI is InChI=1S/C16H15N3/c1-12-6-5-9-15(16(12)17)19-11-14(10-18-19)13-7-3-2-4-8-13/h2-11H,17H2,1H3. The van der Waals surface area contributed by atoms with E-state index in [1.807, 2.05) is 60.4 Å². The fraction of sp³-hybridized carbons (Fsp3) is 0.0625. The molecule has 3 aromatic rings. The first-order chi connectivity index (χ1) is 9.25. The zero-order valence-corrected chi connectivity index (χ0v) is 10.7. The van der Waals surface area contributed by atoms with E-state index in [1.165, 1.54) is 0 Å². The van der Waals surface area contributed by atoms with Crippen LogP contribution in [-0.4, -0.2) is 9.78 Å². The monoisotopic (exact) mass is 249 g/mol. The summed E-state index contributed by atoms with van der Waals surface area (Å²) in [5.74, 6) is 0. The van der Waals surface area contributed by atoms with Crippen molar-refractivity contribution in [2.24, 2.45) is 0 Å². The molecule has 1 aromatic heterocycles. The maximum atomic E-state index is 6.10. The number of benzene rings is 2. The Morgan fingerprint density at radius 1 is 0.947 bits per heavy atom. The Hall–Kier alpha value is -2.55. The highest BCUT2D eigenvalue weighted by Gasteiger charge is 2.06. The van der Waals surface area contributed by atoms with Crippen LogP contribution in [0.5, 0.6) is 0 Å². The maximum Gasteiger partial charge on any atom is 0.0877 e. The molecular formula is C16H15N3. The third kappa shape index (κ3) is 2.10. The number of nitrogens with zero attached hydrogens (tertiary/aromatic N) is 2. The summed E-state index contributed by atoms with van der Waals surface area (Å²) in [7, 11) is 0. The fourth-order valence-electron chi connectivity index (χ4n) is 2.10. The van der Waals surface area contributed by atoms with Gasteiger partial charge in [-0.3, -0.25) is 0 Å². The zero-order valence-electron chi connectivity index (χ0n) is 10.7. The molecule has 0 fully saturated rings. The van der Waals surface area contributed by atoms with Crippen LogP contribution in [0.4, 0.5) is 5.69 Å². The third-order valence-corrected chi connectivity index (χ3v) is 3.24. The van der Waals surface area contributed by atoms with Crippen LogP contribution in [0, 0.1) is 6.92 Å². The van der Waals surface area contributed by atoms with Crippen LogP contribution in [0.2, 0.25) is 0 Å². The number of anilines is 1. The first kappa shape index (κ1) is 11.5. The Morgan fingerprint density at radius 2 is 1.74 bits per heavy atom. The van der Waals surface area contributed by atoms with Crippen molar-refractivity contribution in [3.05, 3.63) is 66.5 Å². The summed E-state index contributed by atoms with van der Waals surface area (Å²) < 4.78 is 1.82. The Labute approximate surface area is 112 Å². The molecule has 3 rings (SSSR count). The highest BCUT2D eigenvalue weighted by atomic mass is 15.3. The minimum atomic E-state index is 0.769. The summed E-state index contributed by atoms with van der Waals surface area (Å²) in [5.41, 5.74) is 11.1. The second-order valence-corrected chi connectivity index (χ2v) is 4.55. The molecule has 19 heavy (non-hydrogen) atoms. The van der Waals surface area contributed by atoms with Gasteiger partial charge in [0.1, 0.15) is 0 Å². The van der Waals surface area contributed by atoms with E-state index in [0.717, 1.165) is 28.1 Å². The lowest BCUT2D eigenvalue weighted by Crippen LogP contribution is -2.01. The number of rotatable bonds is 2. The number of aromatic nitrogens is 2. The molecule has 0 unspecified atom stereocenters. The second kappa shape index (κ2) is 4.61. The van der Waals surface area contributed by atoms with Crippen LogP contribution in [-0.2, 0) is 0 Å². The van der Waals surface area contributed by atoms with Gasteiger partial charge in [-0.2, -0.15) is 5.10 Å². The molecule has 0 saturated heterocycles. The first-order valence-electron chi connectivity index (χ1n) is 6.21. The molecule has 3 heteroatoms. The third-order valence-electron chi connectivity index (χ3n) is 3.24. The number of nitrogen functional groups attached to an aromatic ring is 1. The summed E-state index contributed by atoms with van der Waals surface area (Å²) in [5, 5.41) is 4.40. The highest BCUT2D eigenvalue weighted by molar-refractivity contribution is 5.65. The van der Waals surface area contributed by atoms with Gasteiger partial charge >= 0.3 is 0 Å². The predicted molar refractivity (Wildman–Crippen MR) is 78.1 cm³/mol. The van der Waals surface area contributed by atoms with Gasteiger partial charge in [-0.25, -0.2) is 4.68 Å². The fourth-order valence-corrected chi connectivity index (χ4v) is 2.10. The van der Waals surface area contributed by atoms with Crippen molar-refractivity contribution in [2.45, 2.75) is 6.92 Å². The van der Waals surface area contributed by atoms with Gasteiger partial charge < -0.3 is 5.73 Å². The van der Waals surface area contributed by atoms with Gasteiger partial charge in [0, 0.05) is 11.8 Å². The predicted octanol–water partition coefficient (Wildman–Crippen LogP) is 3.43. The Balaban J connectivity index is 2.05. The number of para-hydroxylation sites is 1. The lowest BCUT2D eigenvalue weighted by atomic mass is 10.1. The average molecular weight is 249 g/mol. The van der Waals surface area contributed by atoms with E-state index < -0.39 is 0 Å². The smallest absolute Gasteiger partial charge is 0.0877 e. The lowest BCUT2D eigenvalue weighted by molar-refractivity contribution is 0.882. The molecule has 0 spiro atoms. The van der Waals surface area contributed by atoms with Crippen molar-refractivity contribution in [1.82, 2.24) is 9.78 Å². The number of hydrogen-bond donors (Lipinski definition) is 1. The lowest BCUT2D eigenvalue weighted by Gasteiger charge is -2.07. The van der Waals surface area contributed by atoms with Gasteiger partial charge in [0.25, 0.3) is 0 Å². The van der Waals surface area contributed by atoms with Crippen LogP contribution in [0.1, 0.15) is 5.56 Å². The topological polar surface area (TPSA) is 43.8 Å². The van der Waals surface area contributed by atoms with E-state index in [1.54, 1.807) is 0 Å². The molecule has 2 N–H and O–H groups in total. The van der Waals surface area contributed by atoms with Crippen molar-refractivity contribution in [3.63, 3.8) is 0 Å². The van der Waals surface area contributed by atoms with Gasteiger partial charge in [-0.05, 0) is 24.1 Å². The van der Waals surface area contributed by atoms with Gasteiger partial charge in [0.2, 0.25) is 0 Å². The Bertz CT molecular complexity index is 699. The van der Waals surface area contributed by atoms with Crippen LogP contribution < -0.4 is 5.73 Å². The highest BCUT2D eigenvalue weighted by Crippen LogP contribution is 2.23. The molecule has 0 saturated carbocycles. The van der Waals surface area contributed by atoms with Crippen molar-refractivity contribution in [3.8, 4) is 16.8 Å². The van der Waals surface area contributed by atoms with Crippen molar-refractivity contribution >= 4 is 5.69 Å². The molecule has 0 aliphatic rings. The molecule has 0 aliphatic carbocycles. The summed E-state index contributed by atoms with van der Waals surface area (Å²) in [4.78, 5) is 0. The summed E-state index contributed by atoms with van der Waals surface area (Å²) >= 11 is 0. The summed E-state index contributed by atoms with van der Waals surface area (Å²) in [6.07, 6.45) is 3.86. The van der Waals surface area contributed by atoms with Crippen molar-refractivity contribution in [2.75, 3.05) is 5.73 Å². The largest absolute Gasteiger partial charge is 0.397 e. The molecule has 0 radical (unpaired) electrons. The first-order valence-corrected chi connectivity index (χ1v) is 6.21. The van der Waals surface area contributed by atoms with E-state index in [4.69, 9.17) is 5.73 Å². The minimum absolute atomic E-state index is 0.769. The average Bonchev–Trinajstić information content (AvgIpc) is 2.92. The maximum absolute atomic E-state index is 6.10. The molecule has 0 bridgehead atoms. The number of nitrogens with two attached hydrogens (primary N) is 1. The van der Waals surface area contributed by atoms with Gasteiger partial charge in [-0.15, -0.1) is 0 Å². The normalized spacial score (nSPS) is 10.6. The van der Waals surface area contributed by atoms with E-state index in [9.17, 15) is 0 Å². The van der Waals surface area contributed by atoms with Crippen LogP contribution in [0.3, 0.4) is 0 Å².